The zero-order chi connectivity index (χ0) is 28.6. The fourth-order valence-corrected chi connectivity index (χ4v) is 5.44. The van der Waals surface area contributed by atoms with E-state index >= 15 is 0 Å². The summed E-state index contributed by atoms with van der Waals surface area (Å²) in [7, 11) is 0. The SMILES string of the molecule is CCOC(=O)c1ccc(-c2cc(-c3ccccc3)c3c(O)ccc(N4c5ccccc5Oc5ccccc54)c3n2)cc1. The molecule has 1 aliphatic rings. The number of fused-ring (bicyclic) bond motifs is 3. The number of para-hydroxylation sites is 4. The average Bonchev–Trinajstić information content (AvgIpc) is 3.04. The molecule has 6 heteroatoms. The predicted octanol–water partition coefficient (Wildman–Crippen LogP) is 9.03. The van der Waals surface area contributed by atoms with Crippen molar-refractivity contribution in [3.8, 4) is 39.6 Å². The molecule has 0 aliphatic carbocycles. The smallest absolute Gasteiger partial charge is 0.338 e. The summed E-state index contributed by atoms with van der Waals surface area (Å²) in [5, 5.41) is 11.9. The van der Waals surface area contributed by atoms with Gasteiger partial charge in [-0.2, -0.15) is 0 Å². The van der Waals surface area contributed by atoms with E-state index in [-0.39, 0.29) is 11.7 Å². The number of hydrogen-bond acceptors (Lipinski definition) is 6. The molecule has 1 aromatic heterocycles. The molecule has 0 spiro atoms. The minimum Gasteiger partial charge on any atom is -0.507 e. The van der Waals surface area contributed by atoms with Gasteiger partial charge in [0.05, 0.1) is 45.8 Å². The lowest BCUT2D eigenvalue weighted by Crippen LogP contribution is -2.16. The van der Waals surface area contributed by atoms with Gasteiger partial charge in [-0.3, -0.25) is 0 Å². The van der Waals surface area contributed by atoms with Gasteiger partial charge in [0.15, 0.2) is 11.5 Å². The van der Waals surface area contributed by atoms with E-state index in [0.29, 0.717) is 28.8 Å². The Bertz CT molecular complexity index is 1910. The van der Waals surface area contributed by atoms with Gasteiger partial charge in [0.25, 0.3) is 0 Å². The second kappa shape index (κ2) is 10.4. The van der Waals surface area contributed by atoms with E-state index in [9.17, 15) is 9.90 Å². The summed E-state index contributed by atoms with van der Waals surface area (Å²) in [5.41, 5.74) is 6.98. The lowest BCUT2D eigenvalue weighted by molar-refractivity contribution is 0.0526. The monoisotopic (exact) mass is 550 g/mol. The van der Waals surface area contributed by atoms with E-state index < -0.39 is 0 Å². The van der Waals surface area contributed by atoms with E-state index in [1.54, 1.807) is 25.1 Å². The summed E-state index contributed by atoms with van der Waals surface area (Å²) in [6.07, 6.45) is 0. The molecule has 0 bridgehead atoms. The van der Waals surface area contributed by atoms with Crippen LogP contribution in [0, 0.1) is 0 Å². The quantitative estimate of drug-likeness (QED) is 0.216. The molecule has 6 nitrogen and oxygen atoms in total. The second-order valence-corrected chi connectivity index (χ2v) is 9.92. The van der Waals surface area contributed by atoms with Gasteiger partial charge in [0, 0.05) is 5.56 Å². The molecule has 0 atom stereocenters. The second-order valence-electron chi connectivity index (χ2n) is 9.92. The van der Waals surface area contributed by atoms with Gasteiger partial charge in [-0.15, -0.1) is 0 Å². The Labute approximate surface area is 243 Å². The van der Waals surface area contributed by atoms with Crippen LogP contribution in [-0.2, 0) is 4.74 Å². The Morgan fingerprint density at radius 2 is 1.40 bits per heavy atom. The topological polar surface area (TPSA) is 71.9 Å². The third-order valence-corrected chi connectivity index (χ3v) is 7.37. The van der Waals surface area contributed by atoms with Crippen molar-refractivity contribution in [1.29, 1.82) is 0 Å². The summed E-state index contributed by atoms with van der Waals surface area (Å²) in [6.45, 7) is 2.10. The number of phenols is 1. The number of phenolic OH excluding ortho intramolecular Hbond substituents is 1. The number of anilines is 3. The van der Waals surface area contributed by atoms with Gasteiger partial charge in [0.2, 0.25) is 0 Å². The minimum atomic E-state index is -0.364. The number of benzene rings is 5. The van der Waals surface area contributed by atoms with Crippen LogP contribution >= 0.6 is 0 Å². The number of nitrogens with zero attached hydrogens (tertiary/aromatic N) is 2. The molecule has 1 N–H and O–H groups in total. The number of hydrogen-bond donors (Lipinski definition) is 1. The van der Waals surface area contributed by atoms with Crippen LogP contribution in [0.25, 0.3) is 33.3 Å². The van der Waals surface area contributed by atoms with Gasteiger partial charge in [-0.1, -0.05) is 66.7 Å². The average molecular weight is 551 g/mol. The van der Waals surface area contributed by atoms with E-state index in [2.05, 4.69) is 4.90 Å². The standard InChI is InChI=1S/C36H26N2O4/c1-2-41-36(40)25-18-16-24(17-19-25)27-22-26(23-10-4-3-5-11-23)34-31(39)21-20-30(35(34)37-27)38-28-12-6-8-14-32(28)42-33-15-9-7-13-29(33)38/h3-22,39H,2H2,1H3. The highest BCUT2D eigenvalue weighted by atomic mass is 16.5. The molecular weight excluding hydrogens is 524 g/mol. The first-order valence-corrected chi connectivity index (χ1v) is 13.8. The molecule has 6 aromatic rings. The van der Waals surface area contributed by atoms with Crippen LogP contribution in [0.1, 0.15) is 17.3 Å². The largest absolute Gasteiger partial charge is 0.507 e. The number of aromatic hydroxyl groups is 1. The lowest BCUT2D eigenvalue weighted by Gasteiger charge is -2.33. The highest BCUT2D eigenvalue weighted by Gasteiger charge is 2.28. The molecule has 0 radical (unpaired) electrons. The molecule has 204 valence electrons. The highest BCUT2D eigenvalue weighted by Crippen LogP contribution is 2.52. The van der Waals surface area contributed by atoms with Crippen LogP contribution in [0.15, 0.2) is 121 Å². The molecule has 0 fully saturated rings. The third-order valence-electron chi connectivity index (χ3n) is 7.37. The maximum atomic E-state index is 12.3. The van der Waals surface area contributed by atoms with Gasteiger partial charge < -0.3 is 19.5 Å². The predicted molar refractivity (Wildman–Crippen MR) is 165 cm³/mol. The molecule has 42 heavy (non-hydrogen) atoms. The van der Waals surface area contributed by atoms with Crippen molar-refractivity contribution >= 4 is 33.9 Å². The molecule has 7 rings (SSSR count). The number of pyridine rings is 1. The Hall–Kier alpha value is -5.62. The Morgan fingerprint density at radius 1 is 0.762 bits per heavy atom. The molecule has 2 heterocycles. The minimum absolute atomic E-state index is 0.138. The molecule has 1 aliphatic heterocycles. The number of carbonyl (C=O) groups excluding carboxylic acids is 1. The van der Waals surface area contributed by atoms with Crippen molar-refractivity contribution in [2.45, 2.75) is 6.92 Å². The zero-order valence-electron chi connectivity index (χ0n) is 22.8. The third kappa shape index (κ3) is 4.30. The fourth-order valence-electron chi connectivity index (χ4n) is 5.44. The van der Waals surface area contributed by atoms with Crippen molar-refractivity contribution in [3.05, 3.63) is 127 Å². The normalized spacial score (nSPS) is 11.9. The number of aromatic nitrogens is 1. The van der Waals surface area contributed by atoms with E-state index in [1.807, 2.05) is 103 Å². The molecule has 0 saturated heterocycles. The molecule has 5 aromatic carbocycles. The first kappa shape index (κ1) is 25.4. The van der Waals surface area contributed by atoms with Crippen molar-refractivity contribution in [2.75, 3.05) is 11.5 Å². The van der Waals surface area contributed by atoms with E-state index in [1.165, 1.54) is 0 Å². The Morgan fingerprint density at radius 3 is 2.07 bits per heavy atom. The maximum Gasteiger partial charge on any atom is 0.338 e. The van der Waals surface area contributed by atoms with Crippen LogP contribution in [0.2, 0.25) is 0 Å². The molecule has 0 amide bonds. The highest BCUT2D eigenvalue weighted by molar-refractivity contribution is 6.08. The van der Waals surface area contributed by atoms with E-state index in [4.69, 9.17) is 14.5 Å². The Balaban J connectivity index is 1.50. The van der Waals surface area contributed by atoms with Gasteiger partial charge in [0.1, 0.15) is 5.75 Å². The number of ether oxygens (including phenoxy) is 2. The Kier molecular flexibility index (Phi) is 6.28. The van der Waals surface area contributed by atoms with Gasteiger partial charge in [-0.05, 0) is 72.6 Å². The van der Waals surface area contributed by atoms with E-state index in [0.717, 1.165) is 45.3 Å². The van der Waals surface area contributed by atoms with Crippen molar-refractivity contribution < 1.29 is 19.4 Å². The van der Waals surface area contributed by atoms with Gasteiger partial charge >= 0.3 is 5.97 Å². The van der Waals surface area contributed by atoms with Crippen molar-refractivity contribution in [3.63, 3.8) is 0 Å². The van der Waals surface area contributed by atoms with Crippen LogP contribution in [0.5, 0.6) is 17.2 Å². The summed E-state index contributed by atoms with van der Waals surface area (Å²) < 4.78 is 11.4. The molecular formula is C36H26N2O4. The van der Waals surface area contributed by atoms with Crippen molar-refractivity contribution in [1.82, 2.24) is 4.98 Å². The first-order valence-electron chi connectivity index (χ1n) is 13.8. The summed E-state index contributed by atoms with van der Waals surface area (Å²) in [4.78, 5) is 19.6. The maximum absolute atomic E-state index is 12.3. The molecule has 0 unspecified atom stereocenters. The van der Waals surface area contributed by atoms with Crippen LogP contribution in [-0.4, -0.2) is 22.7 Å². The summed E-state index contributed by atoms with van der Waals surface area (Å²) >= 11 is 0. The van der Waals surface area contributed by atoms with Crippen molar-refractivity contribution in [2.24, 2.45) is 0 Å². The number of esters is 1. The lowest BCUT2D eigenvalue weighted by atomic mass is 9.96. The summed E-state index contributed by atoms with van der Waals surface area (Å²) in [6, 6.07) is 38.6. The number of carbonyl (C=O) groups is 1. The van der Waals surface area contributed by atoms with Crippen LogP contribution in [0.3, 0.4) is 0 Å². The van der Waals surface area contributed by atoms with Gasteiger partial charge in [-0.25, -0.2) is 9.78 Å². The fraction of sp³-hybridized carbons (Fsp3) is 0.0556. The zero-order valence-corrected chi connectivity index (χ0v) is 22.8. The number of rotatable bonds is 5. The molecule has 0 saturated carbocycles. The summed E-state index contributed by atoms with van der Waals surface area (Å²) in [5.74, 6) is 1.23. The first-order chi connectivity index (χ1) is 20.6. The van der Waals surface area contributed by atoms with Crippen LogP contribution < -0.4 is 9.64 Å². The van der Waals surface area contributed by atoms with Crippen LogP contribution in [0.4, 0.5) is 17.1 Å².